The average Bonchev–Trinajstić information content (AvgIpc) is 2.57. The number of piperidine rings is 1. The molecule has 1 heterocycles. The van der Waals surface area contributed by atoms with E-state index in [1.807, 2.05) is 35.2 Å². The van der Waals surface area contributed by atoms with Crippen LogP contribution in [-0.2, 0) is 6.54 Å². The highest BCUT2D eigenvalue weighted by atomic mass is 19.4. The lowest BCUT2D eigenvalue weighted by Crippen LogP contribution is -2.54. The quantitative estimate of drug-likeness (QED) is 0.824. The molecule has 0 aromatic heterocycles. The summed E-state index contributed by atoms with van der Waals surface area (Å²) in [4.78, 5) is 1.91. The number of rotatable bonds is 3. The van der Waals surface area contributed by atoms with Crippen molar-refractivity contribution in [3.63, 3.8) is 0 Å². The van der Waals surface area contributed by atoms with Gasteiger partial charge in [0.15, 0.2) is 5.60 Å². The molecule has 1 N–H and O–H groups in total. The molecule has 1 fully saturated rings. The summed E-state index contributed by atoms with van der Waals surface area (Å²) in [6, 6.07) is 14.2. The number of halogens is 4. The van der Waals surface area contributed by atoms with Crippen LogP contribution < -0.4 is 0 Å². The van der Waals surface area contributed by atoms with E-state index in [-0.39, 0.29) is 13.0 Å². The Morgan fingerprint density at radius 3 is 2.28 bits per heavy atom. The normalized spacial score (nSPS) is 25.1. The highest BCUT2D eigenvalue weighted by Gasteiger charge is 2.56. The third-order valence-electron chi connectivity index (χ3n) is 4.80. The van der Waals surface area contributed by atoms with Crippen LogP contribution in [0.25, 0.3) is 0 Å². The van der Waals surface area contributed by atoms with E-state index >= 15 is 0 Å². The molecule has 134 valence electrons. The molecule has 1 saturated heterocycles. The molecule has 1 aliphatic rings. The first-order chi connectivity index (χ1) is 11.8. The first-order valence-corrected chi connectivity index (χ1v) is 8.11. The Labute approximate surface area is 143 Å². The first-order valence-electron chi connectivity index (χ1n) is 8.11. The maximum Gasteiger partial charge on any atom is 0.417 e. The number of likely N-dealkylation sites (tertiary alicyclic amines) is 1. The van der Waals surface area contributed by atoms with Crippen molar-refractivity contribution in [3.05, 3.63) is 71.5 Å². The van der Waals surface area contributed by atoms with Gasteiger partial charge in [0.25, 0.3) is 0 Å². The minimum atomic E-state index is -4.69. The zero-order chi connectivity index (χ0) is 18.1. The summed E-state index contributed by atoms with van der Waals surface area (Å²) in [5.74, 6) is -0.444. The van der Waals surface area contributed by atoms with Gasteiger partial charge in [0.2, 0.25) is 0 Å². The van der Waals surface area contributed by atoms with E-state index in [0.717, 1.165) is 5.56 Å². The fourth-order valence-corrected chi connectivity index (χ4v) is 3.31. The van der Waals surface area contributed by atoms with Crippen LogP contribution in [0.4, 0.5) is 17.6 Å². The summed E-state index contributed by atoms with van der Waals surface area (Å²) in [5, 5.41) is 10.2. The standard InChI is InChI=1S/C19H19F4NO/c20-16-8-6-15(7-9-16)17-12-18(25,19(21,22)23)10-11-24(17)13-14-4-2-1-3-5-14/h1-9,17,25H,10-13H2/t17-,18-/m0/s1. The van der Waals surface area contributed by atoms with Gasteiger partial charge in [-0.1, -0.05) is 42.5 Å². The maximum atomic E-state index is 13.3. The fraction of sp³-hybridized carbons (Fsp3) is 0.368. The summed E-state index contributed by atoms with van der Waals surface area (Å²) >= 11 is 0. The minimum Gasteiger partial charge on any atom is -0.380 e. The van der Waals surface area contributed by atoms with Crippen LogP contribution in [0.5, 0.6) is 0 Å². The van der Waals surface area contributed by atoms with E-state index in [2.05, 4.69) is 0 Å². The van der Waals surface area contributed by atoms with Crippen molar-refractivity contribution in [2.24, 2.45) is 0 Å². The Balaban J connectivity index is 1.90. The lowest BCUT2D eigenvalue weighted by molar-refractivity contribution is -0.278. The smallest absolute Gasteiger partial charge is 0.380 e. The van der Waals surface area contributed by atoms with Gasteiger partial charge in [-0.05, 0) is 29.7 Å². The molecular formula is C19H19F4NO. The number of benzene rings is 2. The number of aliphatic hydroxyl groups is 1. The van der Waals surface area contributed by atoms with Crippen LogP contribution in [0.3, 0.4) is 0 Å². The van der Waals surface area contributed by atoms with Gasteiger partial charge >= 0.3 is 6.18 Å². The van der Waals surface area contributed by atoms with Gasteiger partial charge in [0, 0.05) is 25.6 Å². The van der Waals surface area contributed by atoms with Gasteiger partial charge in [-0.2, -0.15) is 13.2 Å². The Morgan fingerprint density at radius 2 is 1.68 bits per heavy atom. The number of nitrogens with zero attached hydrogens (tertiary/aromatic N) is 1. The summed E-state index contributed by atoms with van der Waals surface area (Å²) in [6.07, 6.45) is -5.53. The minimum absolute atomic E-state index is 0.104. The lowest BCUT2D eigenvalue weighted by Gasteiger charge is -2.44. The topological polar surface area (TPSA) is 23.5 Å². The molecule has 2 atom stereocenters. The second-order valence-corrected chi connectivity index (χ2v) is 6.51. The molecule has 2 aromatic rings. The third-order valence-corrected chi connectivity index (χ3v) is 4.80. The van der Waals surface area contributed by atoms with Gasteiger partial charge < -0.3 is 5.11 Å². The van der Waals surface area contributed by atoms with Crippen molar-refractivity contribution in [2.75, 3.05) is 6.54 Å². The highest BCUT2D eigenvalue weighted by molar-refractivity contribution is 5.23. The molecule has 0 radical (unpaired) electrons. The van der Waals surface area contributed by atoms with Crippen molar-refractivity contribution in [2.45, 2.75) is 37.2 Å². The summed E-state index contributed by atoms with van der Waals surface area (Å²) in [5.41, 5.74) is -1.18. The Morgan fingerprint density at radius 1 is 1.04 bits per heavy atom. The van der Waals surface area contributed by atoms with Crippen molar-refractivity contribution in [1.29, 1.82) is 0 Å². The van der Waals surface area contributed by atoms with E-state index in [4.69, 9.17) is 0 Å². The maximum absolute atomic E-state index is 13.3. The Hall–Kier alpha value is -1.92. The zero-order valence-corrected chi connectivity index (χ0v) is 13.5. The van der Waals surface area contributed by atoms with Gasteiger partial charge in [0.05, 0.1) is 0 Å². The van der Waals surface area contributed by atoms with Crippen LogP contribution in [0.2, 0.25) is 0 Å². The summed E-state index contributed by atoms with van der Waals surface area (Å²) in [7, 11) is 0. The lowest BCUT2D eigenvalue weighted by atomic mass is 9.82. The number of hydrogen-bond acceptors (Lipinski definition) is 2. The van der Waals surface area contributed by atoms with E-state index in [9.17, 15) is 22.7 Å². The Kier molecular flexibility index (Phi) is 4.84. The molecule has 0 saturated carbocycles. The second kappa shape index (κ2) is 6.77. The van der Waals surface area contributed by atoms with Crippen molar-refractivity contribution < 1.29 is 22.7 Å². The van der Waals surface area contributed by atoms with Gasteiger partial charge in [-0.15, -0.1) is 0 Å². The highest BCUT2D eigenvalue weighted by Crippen LogP contribution is 2.45. The zero-order valence-electron chi connectivity index (χ0n) is 13.5. The van der Waals surface area contributed by atoms with Crippen molar-refractivity contribution >= 4 is 0 Å². The molecule has 6 heteroatoms. The van der Waals surface area contributed by atoms with E-state index < -0.39 is 30.1 Å². The average molecular weight is 353 g/mol. The monoisotopic (exact) mass is 353 g/mol. The molecule has 0 spiro atoms. The second-order valence-electron chi connectivity index (χ2n) is 6.51. The van der Waals surface area contributed by atoms with Crippen LogP contribution in [0, 0.1) is 5.82 Å². The number of alkyl halides is 3. The van der Waals surface area contributed by atoms with Crippen molar-refractivity contribution in [1.82, 2.24) is 4.90 Å². The third kappa shape index (κ3) is 3.85. The molecule has 0 unspecified atom stereocenters. The van der Waals surface area contributed by atoms with Crippen molar-refractivity contribution in [3.8, 4) is 0 Å². The van der Waals surface area contributed by atoms with Gasteiger partial charge in [0.1, 0.15) is 5.82 Å². The van der Waals surface area contributed by atoms with E-state index in [1.54, 1.807) is 0 Å². The van der Waals surface area contributed by atoms with Crippen LogP contribution in [0.1, 0.15) is 30.0 Å². The van der Waals surface area contributed by atoms with Crippen LogP contribution in [-0.4, -0.2) is 28.3 Å². The summed E-state index contributed by atoms with van der Waals surface area (Å²) in [6.45, 7) is 0.573. The first kappa shape index (κ1) is 17.9. The number of hydrogen-bond donors (Lipinski definition) is 1. The molecule has 2 aromatic carbocycles. The molecule has 3 rings (SSSR count). The summed E-state index contributed by atoms with van der Waals surface area (Å²) < 4.78 is 53.1. The SMILES string of the molecule is O[C@@]1(C(F)(F)F)CCN(Cc2ccccc2)[C@H](c2ccc(F)cc2)C1. The van der Waals surface area contributed by atoms with Gasteiger partial charge in [-0.25, -0.2) is 4.39 Å². The van der Waals surface area contributed by atoms with E-state index in [0.29, 0.717) is 12.1 Å². The Bertz CT molecular complexity index is 702. The van der Waals surface area contributed by atoms with Gasteiger partial charge in [-0.3, -0.25) is 4.90 Å². The molecule has 0 bridgehead atoms. The molecule has 1 aliphatic heterocycles. The molecule has 0 amide bonds. The van der Waals surface area contributed by atoms with Crippen LogP contribution in [0.15, 0.2) is 54.6 Å². The molecule has 25 heavy (non-hydrogen) atoms. The largest absolute Gasteiger partial charge is 0.417 e. The van der Waals surface area contributed by atoms with Crippen LogP contribution >= 0.6 is 0 Å². The van der Waals surface area contributed by atoms with E-state index in [1.165, 1.54) is 24.3 Å². The fourth-order valence-electron chi connectivity index (χ4n) is 3.31. The molecule has 0 aliphatic carbocycles. The predicted octanol–water partition coefficient (Wildman–Crippen LogP) is 4.46. The molecule has 2 nitrogen and oxygen atoms in total. The molecular weight excluding hydrogens is 334 g/mol. The predicted molar refractivity (Wildman–Crippen MR) is 86.2 cm³/mol.